The van der Waals surface area contributed by atoms with E-state index in [2.05, 4.69) is 0 Å². The van der Waals surface area contributed by atoms with Gasteiger partial charge >= 0.3 is 11.9 Å². The van der Waals surface area contributed by atoms with Gasteiger partial charge in [0, 0.05) is 30.3 Å². The molecule has 24 heavy (non-hydrogen) atoms. The van der Waals surface area contributed by atoms with Crippen molar-refractivity contribution in [3.63, 3.8) is 0 Å². The molecule has 1 heterocycles. The molecule has 5 nitrogen and oxygen atoms in total. The van der Waals surface area contributed by atoms with Crippen molar-refractivity contribution in [2.24, 2.45) is 17.8 Å². The molecular weight excluding hydrogens is 308 g/mol. The van der Waals surface area contributed by atoms with E-state index in [0.717, 1.165) is 16.7 Å². The van der Waals surface area contributed by atoms with Gasteiger partial charge in [0.1, 0.15) is 12.2 Å². The lowest BCUT2D eigenvalue weighted by Crippen LogP contribution is -2.37. The van der Waals surface area contributed by atoms with E-state index in [0.29, 0.717) is 19.3 Å². The van der Waals surface area contributed by atoms with Crippen LogP contribution in [0, 0.1) is 17.8 Å². The molecule has 5 heteroatoms. The molecule has 0 radical (unpaired) electrons. The highest BCUT2D eigenvalue weighted by Crippen LogP contribution is 2.48. The molecular formula is C19H24O5. The molecule has 0 amide bonds. The van der Waals surface area contributed by atoms with E-state index >= 15 is 0 Å². The average Bonchev–Trinajstić information content (AvgIpc) is 2.90. The summed E-state index contributed by atoms with van der Waals surface area (Å²) < 4.78 is 11.4. The number of hydrogen-bond acceptors (Lipinski definition) is 5. The molecule has 1 fully saturated rings. The zero-order chi connectivity index (χ0) is 17.6. The summed E-state index contributed by atoms with van der Waals surface area (Å²) in [6.07, 6.45) is 2.34. The largest absolute Gasteiger partial charge is 0.462 e. The SMILES string of the molecule is CCCC(=O)O[C@@H]1CC(C)=C2C(=O)C=C(C)[C@@H]2[C@H]2OC(=O)[C@H](C)[C@@H]21. The summed E-state index contributed by atoms with van der Waals surface area (Å²) in [5.74, 6) is -1.30. The summed E-state index contributed by atoms with van der Waals surface area (Å²) in [5, 5.41) is 0. The zero-order valence-corrected chi connectivity index (χ0v) is 14.6. The van der Waals surface area contributed by atoms with Crippen molar-refractivity contribution in [1.82, 2.24) is 0 Å². The smallest absolute Gasteiger partial charge is 0.309 e. The highest BCUT2D eigenvalue weighted by molar-refractivity contribution is 6.09. The molecule has 0 N–H and O–H groups in total. The Morgan fingerprint density at radius 3 is 2.71 bits per heavy atom. The van der Waals surface area contributed by atoms with Gasteiger partial charge in [-0.2, -0.15) is 0 Å². The van der Waals surface area contributed by atoms with Crippen LogP contribution in [0.25, 0.3) is 0 Å². The van der Waals surface area contributed by atoms with E-state index in [1.54, 1.807) is 6.08 Å². The van der Waals surface area contributed by atoms with Crippen molar-refractivity contribution in [3.05, 3.63) is 22.8 Å². The third kappa shape index (κ3) is 2.60. The Morgan fingerprint density at radius 1 is 1.33 bits per heavy atom. The van der Waals surface area contributed by atoms with E-state index < -0.39 is 12.2 Å². The average molecular weight is 332 g/mol. The summed E-state index contributed by atoms with van der Waals surface area (Å²) in [7, 11) is 0. The maximum Gasteiger partial charge on any atom is 0.309 e. The number of ether oxygens (including phenoxy) is 2. The molecule has 2 aliphatic carbocycles. The van der Waals surface area contributed by atoms with Gasteiger partial charge in [0.15, 0.2) is 5.78 Å². The number of ketones is 1. The van der Waals surface area contributed by atoms with Crippen molar-refractivity contribution < 1.29 is 23.9 Å². The summed E-state index contributed by atoms with van der Waals surface area (Å²) in [4.78, 5) is 36.6. The lowest BCUT2D eigenvalue weighted by molar-refractivity contribution is -0.153. The fraction of sp³-hybridized carbons (Fsp3) is 0.632. The van der Waals surface area contributed by atoms with Crippen molar-refractivity contribution in [3.8, 4) is 0 Å². The maximum atomic E-state index is 12.4. The number of esters is 2. The van der Waals surface area contributed by atoms with E-state index in [1.807, 2.05) is 27.7 Å². The summed E-state index contributed by atoms with van der Waals surface area (Å²) in [6.45, 7) is 7.57. The van der Waals surface area contributed by atoms with Crippen LogP contribution in [0.4, 0.5) is 0 Å². The molecule has 0 aromatic carbocycles. The number of carbonyl (C=O) groups is 3. The third-order valence-corrected chi connectivity index (χ3v) is 5.47. The molecule has 3 rings (SSSR count). The Labute approximate surface area is 142 Å². The van der Waals surface area contributed by atoms with Gasteiger partial charge in [0.2, 0.25) is 0 Å². The van der Waals surface area contributed by atoms with Gasteiger partial charge < -0.3 is 9.47 Å². The normalized spacial score (nSPS) is 35.2. The quantitative estimate of drug-likeness (QED) is 0.743. The second kappa shape index (κ2) is 6.19. The summed E-state index contributed by atoms with van der Waals surface area (Å²) >= 11 is 0. The van der Waals surface area contributed by atoms with Crippen LogP contribution in [0.5, 0.6) is 0 Å². The van der Waals surface area contributed by atoms with Crippen molar-refractivity contribution in [1.29, 1.82) is 0 Å². The number of hydrogen-bond donors (Lipinski definition) is 0. The first-order valence-corrected chi connectivity index (χ1v) is 8.67. The fourth-order valence-electron chi connectivity index (χ4n) is 4.34. The molecule has 1 aliphatic heterocycles. The molecule has 3 aliphatic rings. The van der Waals surface area contributed by atoms with Gasteiger partial charge in [0.25, 0.3) is 0 Å². The second-order valence-electron chi connectivity index (χ2n) is 7.17. The van der Waals surface area contributed by atoms with Crippen LogP contribution in [0.1, 0.15) is 47.0 Å². The maximum absolute atomic E-state index is 12.4. The highest BCUT2D eigenvalue weighted by atomic mass is 16.6. The molecule has 0 saturated carbocycles. The van der Waals surface area contributed by atoms with Crippen LogP contribution >= 0.6 is 0 Å². The Hall–Kier alpha value is -1.91. The first-order valence-electron chi connectivity index (χ1n) is 8.67. The van der Waals surface area contributed by atoms with Crippen molar-refractivity contribution in [2.45, 2.75) is 59.2 Å². The molecule has 130 valence electrons. The fourth-order valence-corrected chi connectivity index (χ4v) is 4.34. The first kappa shape index (κ1) is 16.9. The predicted molar refractivity (Wildman–Crippen MR) is 86.9 cm³/mol. The molecule has 0 spiro atoms. The van der Waals surface area contributed by atoms with Gasteiger partial charge in [-0.15, -0.1) is 0 Å². The number of carbonyl (C=O) groups excluding carboxylic acids is 3. The molecule has 0 aromatic rings. The Bertz CT molecular complexity index is 657. The van der Waals surface area contributed by atoms with Gasteiger partial charge in [-0.3, -0.25) is 14.4 Å². The van der Waals surface area contributed by atoms with Crippen LogP contribution in [0.3, 0.4) is 0 Å². The zero-order valence-electron chi connectivity index (χ0n) is 14.6. The lowest BCUT2D eigenvalue weighted by atomic mass is 9.79. The first-order chi connectivity index (χ1) is 11.3. The predicted octanol–water partition coefficient (Wildman–Crippen LogP) is 2.74. The second-order valence-corrected chi connectivity index (χ2v) is 7.17. The number of fused-ring (bicyclic) bond motifs is 3. The standard InChI is InChI=1S/C19H24O5/c1-5-6-14(21)23-13-8-10(3)15-12(20)7-9(2)16(15)18-17(13)11(4)19(22)24-18/h7,11,13,16-18H,5-6,8H2,1-4H3/t11-,13-,16+,17-,18-/m1/s1. The van der Waals surface area contributed by atoms with Crippen LogP contribution in [-0.4, -0.2) is 29.9 Å². The third-order valence-electron chi connectivity index (χ3n) is 5.47. The Kier molecular flexibility index (Phi) is 4.37. The van der Waals surface area contributed by atoms with E-state index in [9.17, 15) is 14.4 Å². The van der Waals surface area contributed by atoms with Crippen LogP contribution in [-0.2, 0) is 23.9 Å². The Morgan fingerprint density at radius 2 is 2.04 bits per heavy atom. The topological polar surface area (TPSA) is 69.7 Å². The van der Waals surface area contributed by atoms with Gasteiger partial charge in [-0.05, 0) is 26.3 Å². The molecule has 5 atom stereocenters. The molecule has 0 aromatic heterocycles. The Balaban J connectivity index is 2.00. The van der Waals surface area contributed by atoms with E-state index in [1.165, 1.54) is 0 Å². The van der Waals surface area contributed by atoms with Gasteiger partial charge in [0.05, 0.1) is 5.92 Å². The van der Waals surface area contributed by atoms with Crippen LogP contribution in [0.15, 0.2) is 22.8 Å². The van der Waals surface area contributed by atoms with Gasteiger partial charge in [-0.25, -0.2) is 0 Å². The minimum atomic E-state index is -0.429. The number of rotatable bonds is 3. The van der Waals surface area contributed by atoms with Crippen molar-refractivity contribution >= 4 is 17.7 Å². The van der Waals surface area contributed by atoms with Crippen LogP contribution in [0.2, 0.25) is 0 Å². The number of allylic oxidation sites excluding steroid dienone is 1. The molecule has 0 bridgehead atoms. The van der Waals surface area contributed by atoms with E-state index in [4.69, 9.17) is 9.47 Å². The highest BCUT2D eigenvalue weighted by Gasteiger charge is 2.55. The van der Waals surface area contributed by atoms with E-state index in [-0.39, 0.29) is 35.5 Å². The lowest BCUT2D eigenvalue weighted by Gasteiger charge is -2.29. The summed E-state index contributed by atoms with van der Waals surface area (Å²) in [5.41, 5.74) is 2.58. The molecule has 1 saturated heterocycles. The van der Waals surface area contributed by atoms with Crippen LogP contribution < -0.4 is 0 Å². The van der Waals surface area contributed by atoms with Gasteiger partial charge in [-0.1, -0.05) is 25.0 Å². The van der Waals surface area contributed by atoms with Crippen molar-refractivity contribution in [2.75, 3.05) is 0 Å². The monoisotopic (exact) mass is 332 g/mol. The minimum Gasteiger partial charge on any atom is -0.462 e. The minimum absolute atomic E-state index is 0.00936. The molecule has 0 unspecified atom stereocenters. The summed E-state index contributed by atoms with van der Waals surface area (Å²) in [6, 6.07) is 0.